The predicted molar refractivity (Wildman–Crippen MR) is 71.8 cm³/mol. The van der Waals surface area contributed by atoms with Crippen LogP contribution in [-0.2, 0) is 6.54 Å². The Morgan fingerprint density at radius 3 is 3.00 bits per heavy atom. The van der Waals surface area contributed by atoms with Crippen LogP contribution in [0.4, 0.5) is 0 Å². The minimum atomic E-state index is -0.131. The molecule has 3 aromatic rings. The number of fused-ring (bicyclic) bond motifs is 1. The maximum atomic E-state index is 12.3. The third kappa shape index (κ3) is 2.28. The van der Waals surface area contributed by atoms with Gasteiger partial charge < -0.3 is 4.52 Å². The molecule has 2 heterocycles. The molecule has 0 fully saturated rings. The molecule has 0 saturated heterocycles. The zero-order valence-electron chi connectivity index (χ0n) is 10.00. The summed E-state index contributed by atoms with van der Waals surface area (Å²) in [6.45, 7) is 1.95. The van der Waals surface area contributed by atoms with E-state index in [0.29, 0.717) is 22.6 Å². The number of hydrogen-bond acceptors (Lipinski definition) is 5. The van der Waals surface area contributed by atoms with Gasteiger partial charge in [-0.2, -0.15) is 4.98 Å². The van der Waals surface area contributed by atoms with E-state index in [1.165, 1.54) is 10.9 Å². The maximum absolute atomic E-state index is 12.3. The van der Waals surface area contributed by atoms with Crippen molar-refractivity contribution in [2.75, 3.05) is 0 Å². The summed E-state index contributed by atoms with van der Waals surface area (Å²) in [7, 11) is 0. The second-order valence-corrected chi connectivity index (χ2v) is 4.99. The van der Waals surface area contributed by atoms with Crippen LogP contribution in [0.2, 0.25) is 0 Å². The maximum Gasteiger partial charge on any atom is 0.261 e. The van der Waals surface area contributed by atoms with Crippen molar-refractivity contribution in [3.8, 4) is 0 Å². The number of hydrogen-bond donors (Lipinski definition) is 0. The first-order valence-electron chi connectivity index (χ1n) is 5.57. The van der Waals surface area contributed by atoms with E-state index >= 15 is 0 Å². The smallest absolute Gasteiger partial charge is 0.261 e. The van der Waals surface area contributed by atoms with Crippen LogP contribution >= 0.6 is 15.9 Å². The highest BCUT2D eigenvalue weighted by Gasteiger charge is 2.08. The fourth-order valence-corrected chi connectivity index (χ4v) is 2.14. The van der Waals surface area contributed by atoms with Crippen molar-refractivity contribution in [1.29, 1.82) is 0 Å². The molecule has 0 spiro atoms. The van der Waals surface area contributed by atoms with E-state index in [2.05, 4.69) is 31.1 Å². The average molecular weight is 321 g/mol. The molecule has 6 nitrogen and oxygen atoms in total. The van der Waals surface area contributed by atoms with Gasteiger partial charge in [0.2, 0.25) is 5.89 Å². The first-order chi connectivity index (χ1) is 9.13. The lowest BCUT2D eigenvalue weighted by Crippen LogP contribution is -2.21. The summed E-state index contributed by atoms with van der Waals surface area (Å²) in [6.07, 6.45) is 1.48. The predicted octanol–water partition coefficient (Wildman–Crippen LogP) is 1.90. The van der Waals surface area contributed by atoms with E-state index in [1.54, 1.807) is 19.1 Å². The molecule has 0 radical (unpaired) electrons. The number of halogens is 1. The lowest BCUT2D eigenvalue weighted by atomic mass is 10.2. The Balaban J connectivity index is 2.08. The molecule has 2 aromatic heterocycles. The molecule has 0 saturated carbocycles. The third-order valence-corrected chi connectivity index (χ3v) is 3.16. The van der Waals surface area contributed by atoms with Crippen molar-refractivity contribution in [2.45, 2.75) is 13.5 Å². The first kappa shape index (κ1) is 12.0. The highest BCUT2D eigenvalue weighted by atomic mass is 79.9. The van der Waals surface area contributed by atoms with Gasteiger partial charge in [0.15, 0.2) is 5.82 Å². The zero-order valence-corrected chi connectivity index (χ0v) is 11.6. The molecule has 0 unspecified atom stereocenters. The van der Waals surface area contributed by atoms with E-state index in [-0.39, 0.29) is 12.1 Å². The topological polar surface area (TPSA) is 73.8 Å². The van der Waals surface area contributed by atoms with E-state index in [1.807, 2.05) is 6.07 Å². The minimum Gasteiger partial charge on any atom is -0.337 e. The van der Waals surface area contributed by atoms with Gasteiger partial charge in [-0.15, -0.1) is 0 Å². The van der Waals surface area contributed by atoms with E-state index in [9.17, 15) is 4.79 Å². The fraction of sp³-hybridized carbons (Fsp3) is 0.167. The molecular weight excluding hydrogens is 312 g/mol. The fourth-order valence-electron chi connectivity index (χ4n) is 1.79. The monoisotopic (exact) mass is 320 g/mol. The Morgan fingerprint density at radius 2 is 2.26 bits per heavy atom. The van der Waals surface area contributed by atoms with E-state index < -0.39 is 0 Å². The standard InChI is InChI=1S/C12H9BrN4O2/c1-7-15-11(19-16-7)5-17-6-14-10-4-8(13)2-3-9(10)12(17)18/h2-4,6H,5H2,1H3. The van der Waals surface area contributed by atoms with Crippen molar-refractivity contribution in [3.05, 3.63) is 51.1 Å². The summed E-state index contributed by atoms with van der Waals surface area (Å²) in [5, 5.41) is 4.25. The average Bonchev–Trinajstić information content (AvgIpc) is 2.78. The molecule has 19 heavy (non-hydrogen) atoms. The first-order valence-corrected chi connectivity index (χ1v) is 6.37. The van der Waals surface area contributed by atoms with Gasteiger partial charge in [-0.05, 0) is 25.1 Å². The summed E-state index contributed by atoms with van der Waals surface area (Å²) < 4.78 is 7.33. The molecule has 0 aliphatic carbocycles. The lowest BCUT2D eigenvalue weighted by molar-refractivity contribution is 0.366. The van der Waals surface area contributed by atoms with Crippen LogP contribution in [-0.4, -0.2) is 19.7 Å². The summed E-state index contributed by atoms with van der Waals surface area (Å²) in [5.41, 5.74) is 0.519. The number of rotatable bonds is 2. The molecular formula is C12H9BrN4O2. The summed E-state index contributed by atoms with van der Waals surface area (Å²) >= 11 is 3.35. The van der Waals surface area contributed by atoms with Crippen LogP contribution < -0.4 is 5.56 Å². The molecule has 0 bridgehead atoms. The molecule has 1 aromatic carbocycles. The van der Waals surface area contributed by atoms with Gasteiger partial charge in [-0.3, -0.25) is 9.36 Å². The summed E-state index contributed by atoms with van der Waals surface area (Å²) in [6, 6.07) is 5.36. The van der Waals surface area contributed by atoms with Gasteiger partial charge in [-0.1, -0.05) is 21.1 Å². The van der Waals surface area contributed by atoms with Crippen molar-refractivity contribution in [1.82, 2.24) is 19.7 Å². The number of benzene rings is 1. The Kier molecular flexibility index (Phi) is 2.90. The quantitative estimate of drug-likeness (QED) is 0.721. The van der Waals surface area contributed by atoms with Gasteiger partial charge in [-0.25, -0.2) is 4.98 Å². The van der Waals surface area contributed by atoms with Gasteiger partial charge in [0.1, 0.15) is 6.54 Å². The highest BCUT2D eigenvalue weighted by molar-refractivity contribution is 9.10. The number of aryl methyl sites for hydroxylation is 1. The van der Waals surface area contributed by atoms with Gasteiger partial charge in [0, 0.05) is 4.47 Å². The number of aromatic nitrogens is 4. The molecule has 3 rings (SSSR count). The van der Waals surface area contributed by atoms with Gasteiger partial charge in [0.05, 0.1) is 17.2 Å². The van der Waals surface area contributed by atoms with Crippen LogP contribution in [0.15, 0.2) is 38.3 Å². The van der Waals surface area contributed by atoms with Crippen LogP contribution in [0.25, 0.3) is 10.9 Å². The molecule has 0 N–H and O–H groups in total. The molecule has 0 aliphatic heterocycles. The van der Waals surface area contributed by atoms with Crippen molar-refractivity contribution >= 4 is 26.8 Å². The Morgan fingerprint density at radius 1 is 1.42 bits per heavy atom. The zero-order chi connectivity index (χ0) is 13.4. The molecule has 96 valence electrons. The Labute approximate surface area is 116 Å². The second-order valence-electron chi connectivity index (χ2n) is 4.07. The highest BCUT2D eigenvalue weighted by Crippen LogP contribution is 2.15. The van der Waals surface area contributed by atoms with Crippen molar-refractivity contribution in [2.24, 2.45) is 0 Å². The minimum absolute atomic E-state index is 0.131. The lowest BCUT2D eigenvalue weighted by Gasteiger charge is -2.03. The molecule has 7 heteroatoms. The third-order valence-electron chi connectivity index (χ3n) is 2.66. The second kappa shape index (κ2) is 4.58. The van der Waals surface area contributed by atoms with Crippen LogP contribution in [0.3, 0.4) is 0 Å². The van der Waals surface area contributed by atoms with Crippen molar-refractivity contribution < 1.29 is 4.52 Å². The number of nitrogens with zero attached hydrogens (tertiary/aromatic N) is 4. The van der Waals surface area contributed by atoms with Gasteiger partial charge in [0.25, 0.3) is 5.56 Å². The van der Waals surface area contributed by atoms with Crippen LogP contribution in [0.1, 0.15) is 11.7 Å². The largest absolute Gasteiger partial charge is 0.337 e. The SMILES string of the molecule is Cc1noc(Cn2cnc3cc(Br)ccc3c2=O)n1. The van der Waals surface area contributed by atoms with E-state index in [4.69, 9.17) is 4.52 Å². The molecule has 0 amide bonds. The van der Waals surface area contributed by atoms with Crippen LogP contribution in [0.5, 0.6) is 0 Å². The Hall–Kier alpha value is -2.02. The van der Waals surface area contributed by atoms with Crippen molar-refractivity contribution in [3.63, 3.8) is 0 Å². The summed E-state index contributed by atoms with van der Waals surface area (Å²) in [4.78, 5) is 20.6. The molecule has 0 aliphatic rings. The normalized spacial score (nSPS) is 11.1. The Bertz CT molecular complexity index is 809. The molecule has 0 atom stereocenters. The van der Waals surface area contributed by atoms with Gasteiger partial charge >= 0.3 is 0 Å². The van der Waals surface area contributed by atoms with Crippen LogP contribution in [0, 0.1) is 6.92 Å². The summed E-state index contributed by atoms with van der Waals surface area (Å²) in [5.74, 6) is 0.929. The van der Waals surface area contributed by atoms with E-state index in [0.717, 1.165) is 4.47 Å².